The molecule has 0 fully saturated rings. The van der Waals surface area contributed by atoms with Gasteiger partial charge >= 0.3 is 5.97 Å². The average Bonchev–Trinajstić information content (AvgIpc) is 2.46. The van der Waals surface area contributed by atoms with Gasteiger partial charge in [0.1, 0.15) is 0 Å². The number of hydrogen-bond donors (Lipinski definition) is 1. The summed E-state index contributed by atoms with van der Waals surface area (Å²) in [5.74, 6) is -0.102. The van der Waals surface area contributed by atoms with Crippen LogP contribution in [0, 0.1) is 0 Å². The highest BCUT2D eigenvalue weighted by Crippen LogP contribution is 2.39. The fourth-order valence-corrected chi connectivity index (χ4v) is 2.24. The quantitative estimate of drug-likeness (QED) is 0.922. The number of hydrogen-bond acceptors (Lipinski definition) is 3. The van der Waals surface area contributed by atoms with Gasteiger partial charge in [-0.2, -0.15) is 0 Å². The Balaban J connectivity index is 2.00. The molecule has 20 heavy (non-hydrogen) atoms. The van der Waals surface area contributed by atoms with Crippen LogP contribution in [0.1, 0.15) is 11.7 Å². The van der Waals surface area contributed by atoms with Crippen LogP contribution in [-0.4, -0.2) is 17.2 Å². The lowest BCUT2D eigenvalue weighted by Crippen LogP contribution is -2.39. The number of rotatable bonds is 2. The zero-order valence-electron chi connectivity index (χ0n) is 10.3. The molecular formula is C15H11ClO4. The van der Waals surface area contributed by atoms with Gasteiger partial charge in [-0.3, -0.25) is 0 Å². The van der Waals surface area contributed by atoms with E-state index in [1.54, 1.807) is 42.5 Å². The molecule has 0 amide bonds. The maximum Gasteiger partial charge on any atom is 0.349 e. The van der Waals surface area contributed by atoms with Crippen molar-refractivity contribution < 1.29 is 19.4 Å². The Morgan fingerprint density at radius 3 is 2.20 bits per heavy atom. The highest BCUT2D eigenvalue weighted by molar-refractivity contribution is 6.30. The summed E-state index contributed by atoms with van der Waals surface area (Å²) in [4.78, 5) is 11.4. The Morgan fingerprint density at radius 2 is 1.60 bits per heavy atom. The molecule has 2 aromatic rings. The molecule has 2 aromatic carbocycles. The van der Waals surface area contributed by atoms with E-state index < -0.39 is 18.2 Å². The third-order valence-electron chi connectivity index (χ3n) is 3.07. The van der Waals surface area contributed by atoms with Crippen LogP contribution in [0.15, 0.2) is 48.5 Å². The van der Waals surface area contributed by atoms with Crippen molar-refractivity contribution >= 4 is 17.6 Å². The van der Waals surface area contributed by atoms with E-state index >= 15 is 0 Å². The number of carboxylic acid groups (broad SMARTS) is 1. The van der Waals surface area contributed by atoms with Gasteiger partial charge in [0.2, 0.25) is 6.10 Å². The van der Waals surface area contributed by atoms with Crippen LogP contribution in [0.3, 0.4) is 0 Å². The molecule has 0 bridgehead atoms. The Morgan fingerprint density at radius 1 is 1.00 bits per heavy atom. The zero-order chi connectivity index (χ0) is 14.1. The maximum absolute atomic E-state index is 11.4. The van der Waals surface area contributed by atoms with E-state index in [2.05, 4.69) is 0 Å². The highest BCUT2D eigenvalue weighted by atomic mass is 35.5. The van der Waals surface area contributed by atoms with Crippen LogP contribution < -0.4 is 9.47 Å². The molecule has 5 heteroatoms. The first-order chi connectivity index (χ1) is 9.65. The van der Waals surface area contributed by atoms with Crippen LogP contribution >= 0.6 is 11.6 Å². The lowest BCUT2D eigenvalue weighted by molar-refractivity contribution is -0.151. The summed E-state index contributed by atoms with van der Waals surface area (Å²) in [6.07, 6.45) is -1.80. The number of ether oxygens (including phenoxy) is 2. The molecule has 3 rings (SSSR count). The number of aliphatic carboxylic acids is 1. The number of benzene rings is 2. The molecule has 0 spiro atoms. The van der Waals surface area contributed by atoms with E-state index in [4.69, 9.17) is 21.1 Å². The molecule has 1 N–H and O–H groups in total. The second-order valence-electron chi connectivity index (χ2n) is 4.41. The monoisotopic (exact) mass is 290 g/mol. The first-order valence-electron chi connectivity index (χ1n) is 6.06. The van der Waals surface area contributed by atoms with Gasteiger partial charge in [-0.15, -0.1) is 0 Å². The minimum absolute atomic E-state index is 0.435. The predicted molar refractivity (Wildman–Crippen MR) is 73.3 cm³/mol. The van der Waals surface area contributed by atoms with Gasteiger partial charge in [0.15, 0.2) is 17.6 Å². The average molecular weight is 291 g/mol. The molecule has 0 aliphatic carbocycles. The van der Waals surface area contributed by atoms with E-state index in [1.165, 1.54) is 0 Å². The molecule has 102 valence electrons. The summed E-state index contributed by atoms with van der Waals surface area (Å²) in [5.41, 5.74) is 0.705. The second kappa shape index (κ2) is 5.06. The van der Waals surface area contributed by atoms with Crippen molar-refractivity contribution in [1.29, 1.82) is 0 Å². The lowest BCUT2D eigenvalue weighted by Gasteiger charge is -2.31. The number of carbonyl (C=O) groups is 1. The Labute approximate surface area is 120 Å². The Kier molecular flexibility index (Phi) is 3.24. The normalized spacial score (nSPS) is 20.4. The number of halogens is 1. The van der Waals surface area contributed by atoms with Gasteiger partial charge in [-0.1, -0.05) is 35.9 Å². The maximum atomic E-state index is 11.4. The third kappa shape index (κ3) is 2.30. The van der Waals surface area contributed by atoms with Gasteiger partial charge in [0.25, 0.3) is 0 Å². The van der Waals surface area contributed by atoms with Crippen molar-refractivity contribution in [3.05, 3.63) is 59.1 Å². The van der Waals surface area contributed by atoms with Gasteiger partial charge in [0, 0.05) is 5.02 Å². The van der Waals surface area contributed by atoms with Crippen molar-refractivity contribution in [2.75, 3.05) is 0 Å². The molecule has 0 saturated heterocycles. The number of fused-ring (bicyclic) bond motifs is 1. The SMILES string of the molecule is O=C(O)[C@H]1Oc2ccccc2O[C@H]1c1ccc(Cl)cc1. The van der Waals surface area contributed by atoms with Gasteiger partial charge < -0.3 is 14.6 Å². The summed E-state index contributed by atoms with van der Waals surface area (Å²) >= 11 is 5.84. The summed E-state index contributed by atoms with van der Waals surface area (Å²) in [5, 5.41) is 9.90. The molecule has 1 heterocycles. The summed E-state index contributed by atoms with van der Waals surface area (Å²) in [7, 11) is 0. The van der Waals surface area contributed by atoms with Crippen molar-refractivity contribution in [3.8, 4) is 11.5 Å². The minimum Gasteiger partial charge on any atom is -0.478 e. The molecular weight excluding hydrogens is 280 g/mol. The number of para-hydroxylation sites is 2. The first-order valence-corrected chi connectivity index (χ1v) is 6.43. The Bertz CT molecular complexity index is 639. The van der Waals surface area contributed by atoms with Crippen LogP contribution in [-0.2, 0) is 4.79 Å². The second-order valence-corrected chi connectivity index (χ2v) is 4.85. The molecule has 0 aromatic heterocycles. The third-order valence-corrected chi connectivity index (χ3v) is 3.33. The molecule has 0 radical (unpaired) electrons. The van der Waals surface area contributed by atoms with Crippen LogP contribution in [0.5, 0.6) is 11.5 Å². The van der Waals surface area contributed by atoms with Gasteiger partial charge in [-0.25, -0.2) is 4.79 Å². The van der Waals surface area contributed by atoms with Crippen molar-refractivity contribution in [2.24, 2.45) is 0 Å². The number of carboxylic acids is 1. The van der Waals surface area contributed by atoms with Crippen molar-refractivity contribution in [2.45, 2.75) is 12.2 Å². The van der Waals surface area contributed by atoms with Gasteiger partial charge in [-0.05, 0) is 29.8 Å². The van der Waals surface area contributed by atoms with Crippen molar-refractivity contribution in [1.82, 2.24) is 0 Å². The zero-order valence-corrected chi connectivity index (χ0v) is 11.1. The van der Waals surface area contributed by atoms with E-state index in [1.807, 2.05) is 6.07 Å². The molecule has 1 aliphatic rings. The first kappa shape index (κ1) is 12.8. The standard InChI is InChI=1S/C15H11ClO4/c16-10-7-5-9(6-8-10)13-14(15(17)18)20-12-4-2-1-3-11(12)19-13/h1-8,13-14H,(H,17,18)/t13-,14-/m0/s1. The van der Waals surface area contributed by atoms with Crippen molar-refractivity contribution in [3.63, 3.8) is 0 Å². The lowest BCUT2D eigenvalue weighted by atomic mass is 10.0. The molecule has 4 nitrogen and oxygen atoms in total. The van der Waals surface area contributed by atoms with Crippen LogP contribution in [0.4, 0.5) is 0 Å². The predicted octanol–water partition coefficient (Wildman–Crippen LogP) is 3.31. The van der Waals surface area contributed by atoms with Gasteiger partial charge in [0.05, 0.1) is 0 Å². The smallest absolute Gasteiger partial charge is 0.349 e. The van der Waals surface area contributed by atoms with Crippen LogP contribution in [0.2, 0.25) is 5.02 Å². The Hall–Kier alpha value is -2.20. The minimum atomic E-state index is -1.09. The fraction of sp³-hybridized carbons (Fsp3) is 0.133. The summed E-state index contributed by atoms with van der Waals surface area (Å²) in [6, 6.07) is 13.9. The summed E-state index contributed by atoms with van der Waals surface area (Å²) in [6.45, 7) is 0. The van der Waals surface area contributed by atoms with E-state index in [-0.39, 0.29) is 0 Å². The fourth-order valence-electron chi connectivity index (χ4n) is 2.12. The molecule has 1 aliphatic heterocycles. The molecule has 2 atom stereocenters. The largest absolute Gasteiger partial charge is 0.478 e. The van der Waals surface area contributed by atoms with E-state index in [0.717, 1.165) is 0 Å². The topological polar surface area (TPSA) is 55.8 Å². The molecule has 0 saturated carbocycles. The van der Waals surface area contributed by atoms with Crippen LogP contribution in [0.25, 0.3) is 0 Å². The summed E-state index contributed by atoms with van der Waals surface area (Å²) < 4.78 is 11.3. The van der Waals surface area contributed by atoms with E-state index in [9.17, 15) is 9.90 Å². The highest BCUT2D eigenvalue weighted by Gasteiger charge is 2.38. The van der Waals surface area contributed by atoms with E-state index in [0.29, 0.717) is 22.1 Å². The molecule has 0 unspecified atom stereocenters.